The van der Waals surface area contributed by atoms with Crippen molar-refractivity contribution in [2.45, 2.75) is 6.92 Å². The van der Waals surface area contributed by atoms with E-state index in [1.807, 2.05) is 54.8 Å². The van der Waals surface area contributed by atoms with E-state index >= 15 is 0 Å². The number of rotatable bonds is 7. The Morgan fingerprint density at radius 2 is 1.88 bits per heavy atom. The molecule has 2 aromatic carbocycles. The quantitative estimate of drug-likeness (QED) is 0.321. The Labute approximate surface area is 206 Å². The fourth-order valence-electron chi connectivity index (χ4n) is 3.81. The van der Waals surface area contributed by atoms with Gasteiger partial charge in [-0.3, -0.25) is 4.90 Å². The van der Waals surface area contributed by atoms with Gasteiger partial charge in [0.1, 0.15) is 28.2 Å². The van der Waals surface area contributed by atoms with E-state index in [1.54, 1.807) is 0 Å². The second kappa shape index (κ2) is 10.8. The molecular weight excluding hydrogens is 500 g/mol. The molecule has 0 saturated carbocycles. The number of aromatic nitrogens is 1. The van der Waals surface area contributed by atoms with Crippen molar-refractivity contribution in [3.8, 4) is 23.1 Å². The molecule has 8 heteroatoms. The van der Waals surface area contributed by atoms with Crippen molar-refractivity contribution in [3.05, 3.63) is 69.2 Å². The van der Waals surface area contributed by atoms with Gasteiger partial charge in [-0.2, -0.15) is 5.26 Å². The number of halogens is 1. The molecule has 3 aromatic rings. The van der Waals surface area contributed by atoms with Crippen molar-refractivity contribution in [3.63, 3.8) is 0 Å². The van der Waals surface area contributed by atoms with Crippen LogP contribution in [0.4, 0.5) is 5.69 Å². The van der Waals surface area contributed by atoms with Gasteiger partial charge in [-0.05, 0) is 31.2 Å². The summed E-state index contributed by atoms with van der Waals surface area (Å²) in [4.78, 5) is 9.06. The molecule has 1 aliphatic heterocycles. The average molecular weight is 525 g/mol. The number of para-hydroxylation sites is 2. The second-order valence-corrected chi connectivity index (χ2v) is 9.42. The molecule has 1 aliphatic rings. The first kappa shape index (κ1) is 23.3. The van der Waals surface area contributed by atoms with E-state index in [2.05, 4.69) is 42.8 Å². The first-order valence-electron chi connectivity index (χ1n) is 10.8. The lowest BCUT2D eigenvalue weighted by atomic mass is 10.2. The standard InChI is InChI=1S/C25H25BrN4O2S/c1-2-32-24-6-4-3-5-22(24)30-13-11-29(12-14-30)16-23(31)20(15-27)25-28-21(17-33-25)18-7-9-19(26)10-8-18/h3-10,17,31H,2,11-14,16H2,1H3/b23-20-. The molecule has 6 nitrogen and oxygen atoms in total. The monoisotopic (exact) mass is 524 g/mol. The molecular formula is C25H25BrN4O2S. The minimum absolute atomic E-state index is 0.0670. The van der Waals surface area contributed by atoms with E-state index in [9.17, 15) is 10.4 Å². The topological polar surface area (TPSA) is 72.6 Å². The first-order chi connectivity index (χ1) is 16.1. The highest BCUT2D eigenvalue weighted by molar-refractivity contribution is 9.10. The van der Waals surface area contributed by atoms with Gasteiger partial charge in [0, 0.05) is 41.6 Å². The van der Waals surface area contributed by atoms with E-state index < -0.39 is 0 Å². The number of allylic oxidation sites excluding steroid dienone is 1. The molecule has 33 heavy (non-hydrogen) atoms. The minimum Gasteiger partial charge on any atom is -0.509 e. The van der Waals surface area contributed by atoms with Crippen LogP contribution in [0.5, 0.6) is 5.75 Å². The number of aliphatic hydroxyl groups is 1. The van der Waals surface area contributed by atoms with Gasteiger partial charge < -0.3 is 14.7 Å². The molecule has 0 unspecified atom stereocenters. The normalized spacial score (nSPS) is 15.1. The molecule has 170 valence electrons. The number of anilines is 1. The Balaban J connectivity index is 1.42. The Morgan fingerprint density at radius 3 is 2.58 bits per heavy atom. The zero-order chi connectivity index (χ0) is 23.2. The SMILES string of the molecule is CCOc1ccccc1N1CCN(C/C(O)=C(\C#N)c2nc(-c3ccc(Br)cc3)cs2)CC1. The molecule has 1 fully saturated rings. The maximum Gasteiger partial charge on any atom is 0.142 e. The van der Waals surface area contributed by atoms with Crippen LogP contribution in [-0.4, -0.2) is 54.3 Å². The van der Waals surface area contributed by atoms with Crippen molar-refractivity contribution in [2.24, 2.45) is 0 Å². The van der Waals surface area contributed by atoms with Gasteiger partial charge in [0.05, 0.1) is 24.5 Å². The summed E-state index contributed by atoms with van der Waals surface area (Å²) < 4.78 is 6.77. The van der Waals surface area contributed by atoms with Crippen LogP contribution in [0.15, 0.2) is 64.1 Å². The Kier molecular flexibility index (Phi) is 7.65. The van der Waals surface area contributed by atoms with Gasteiger partial charge in [-0.1, -0.05) is 40.2 Å². The molecule has 0 bridgehead atoms. The molecule has 0 aliphatic carbocycles. The van der Waals surface area contributed by atoms with Crippen molar-refractivity contribution in [1.29, 1.82) is 5.26 Å². The van der Waals surface area contributed by atoms with Crippen LogP contribution in [0.2, 0.25) is 0 Å². The van der Waals surface area contributed by atoms with Crippen LogP contribution in [0.25, 0.3) is 16.8 Å². The fraction of sp³-hybridized carbons (Fsp3) is 0.280. The number of benzene rings is 2. The van der Waals surface area contributed by atoms with Crippen LogP contribution >= 0.6 is 27.3 Å². The van der Waals surface area contributed by atoms with E-state index in [0.29, 0.717) is 18.2 Å². The number of thiazole rings is 1. The zero-order valence-electron chi connectivity index (χ0n) is 18.4. The van der Waals surface area contributed by atoms with Gasteiger partial charge in [-0.15, -0.1) is 11.3 Å². The van der Waals surface area contributed by atoms with Crippen molar-refractivity contribution < 1.29 is 9.84 Å². The lowest BCUT2D eigenvalue weighted by molar-refractivity contribution is 0.238. The Hall–Kier alpha value is -2.86. The third kappa shape index (κ3) is 5.56. The van der Waals surface area contributed by atoms with E-state index in [4.69, 9.17) is 4.74 Å². The third-order valence-electron chi connectivity index (χ3n) is 5.51. The summed E-state index contributed by atoms with van der Waals surface area (Å²) in [6, 6.07) is 18.1. The highest BCUT2D eigenvalue weighted by Gasteiger charge is 2.22. The van der Waals surface area contributed by atoms with Crippen LogP contribution in [-0.2, 0) is 0 Å². The van der Waals surface area contributed by atoms with Gasteiger partial charge in [0.2, 0.25) is 0 Å². The number of piperazine rings is 1. The lowest BCUT2D eigenvalue weighted by Crippen LogP contribution is -2.47. The highest BCUT2D eigenvalue weighted by Crippen LogP contribution is 2.30. The predicted octanol–water partition coefficient (Wildman–Crippen LogP) is 5.59. The van der Waals surface area contributed by atoms with Crippen molar-refractivity contribution in [2.75, 3.05) is 44.2 Å². The van der Waals surface area contributed by atoms with Crippen LogP contribution in [0.3, 0.4) is 0 Å². The van der Waals surface area contributed by atoms with Gasteiger partial charge in [0.25, 0.3) is 0 Å². The summed E-state index contributed by atoms with van der Waals surface area (Å²) in [5, 5.41) is 22.9. The zero-order valence-corrected chi connectivity index (χ0v) is 20.8. The second-order valence-electron chi connectivity index (χ2n) is 7.64. The van der Waals surface area contributed by atoms with Gasteiger partial charge >= 0.3 is 0 Å². The molecule has 1 saturated heterocycles. The molecule has 2 heterocycles. The summed E-state index contributed by atoms with van der Waals surface area (Å²) >= 11 is 4.81. The highest BCUT2D eigenvalue weighted by atomic mass is 79.9. The molecule has 4 rings (SSSR count). The van der Waals surface area contributed by atoms with Crippen molar-refractivity contribution in [1.82, 2.24) is 9.88 Å². The molecule has 0 radical (unpaired) electrons. The van der Waals surface area contributed by atoms with Crippen LogP contribution in [0.1, 0.15) is 11.9 Å². The smallest absolute Gasteiger partial charge is 0.142 e. The Morgan fingerprint density at radius 1 is 1.15 bits per heavy atom. The van der Waals surface area contributed by atoms with Crippen LogP contribution in [0, 0.1) is 11.3 Å². The fourth-order valence-corrected chi connectivity index (χ4v) is 4.92. The predicted molar refractivity (Wildman–Crippen MR) is 137 cm³/mol. The summed E-state index contributed by atoms with van der Waals surface area (Å²) in [6.07, 6.45) is 0. The number of ether oxygens (including phenoxy) is 1. The largest absolute Gasteiger partial charge is 0.509 e. The number of hydrogen-bond donors (Lipinski definition) is 1. The number of hydrogen-bond acceptors (Lipinski definition) is 7. The first-order valence-corrected chi connectivity index (χ1v) is 12.5. The van der Waals surface area contributed by atoms with Gasteiger partial charge in [0.15, 0.2) is 0 Å². The molecule has 0 atom stereocenters. The van der Waals surface area contributed by atoms with Gasteiger partial charge in [-0.25, -0.2) is 4.98 Å². The summed E-state index contributed by atoms with van der Waals surface area (Å²) in [6.45, 7) is 6.16. The average Bonchev–Trinajstić information content (AvgIpc) is 3.31. The summed E-state index contributed by atoms with van der Waals surface area (Å²) in [7, 11) is 0. The minimum atomic E-state index is 0.0670. The molecule has 0 amide bonds. The lowest BCUT2D eigenvalue weighted by Gasteiger charge is -2.36. The summed E-state index contributed by atoms with van der Waals surface area (Å²) in [5.74, 6) is 0.964. The van der Waals surface area contributed by atoms with E-state index in [0.717, 1.165) is 53.3 Å². The molecule has 1 N–H and O–H groups in total. The number of aliphatic hydroxyl groups excluding tert-OH is 1. The molecule has 1 aromatic heterocycles. The van der Waals surface area contributed by atoms with Crippen LogP contribution < -0.4 is 9.64 Å². The Bertz CT molecular complexity index is 1160. The third-order valence-corrected chi connectivity index (χ3v) is 6.90. The maximum absolute atomic E-state index is 10.8. The summed E-state index contributed by atoms with van der Waals surface area (Å²) in [5.41, 5.74) is 3.11. The van der Waals surface area contributed by atoms with E-state index in [1.165, 1.54) is 11.3 Å². The van der Waals surface area contributed by atoms with E-state index in [-0.39, 0.29) is 11.3 Å². The maximum atomic E-state index is 10.8. The molecule has 0 spiro atoms. The number of nitriles is 1. The number of nitrogens with zero attached hydrogens (tertiary/aromatic N) is 4. The van der Waals surface area contributed by atoms with Crippen molar-refractivity contribution >= 4 is 38.5 Å².